The second-order valence-corrected chi connectivity index (χ2v) is 5.31. The van der Waals surface area contributed by atoms with Crippen molar-refractivity contribution in [1.29, 1.82) is 0 Å². The van der Waals surface area contributed by atoms with Crippen molar-refractivity contribution >= 4 is 21.0 Å². The quantitative estimate of drug-likeness (QED) is 0.611. The molecule has 13 heavy (non-hydrogen) atoms. The Hall–Kier alpha value is -0.883. The standard InChI is InChI=1S/C7H14O5Si/c1-13(2)12-5(7(10)11)3-4-6(8)9/h5,13H,3-4H2,1-2H3,(H,8,9)(H,10,11). The Balaban J connectivity index is 3.95. The molecule has 0 aliphatic heterocycles. The average molecular weight is 206 g/mol. The van der Waals surface area contributed by atoms with Crippen molar-refractivity contribution in [2.24, 2.45) is 0 Å². The molecule has 0 rings (SSSR count). The van der Waals surface area contributed by atoms with Crippen molar-refractivity contribution in [2.45, 2.75) is 32.0 Å². The summed E-state index contributed by atoms with van der Waals surface area (Å²) in [4.78, 5) is 20.7. The van der Waals surface area contributed by atoms with Crippen LogP contribution in [-0.4, -0.2) is 37.3 Å². The molecule has 0 fully saturated rings. The second-order valence-electron chi connectivity index (χ2n) is 2.94. The van der Waals surface area contributed by atoms with Crippen LogP contribution in [0.3, 0.4) is 0 Å². The highest BCUT2D eigenvalue weighted by atomic mass is 28.3. The van der Waals surface area contributed by atoms with E-state index in [1.54, 1.807) is 0 Å². The van der Waals surface area contributed by atoms with E-state index in [1.165, 1.54) is 0 Å². The maximum absolute atomic E-state index is 10.6. The molecule has 0 radical (unpaired) electrons. The molecule has 0 bridgehead atoms. The monoisotopic (exact) mass is 206 g/mol. The van der Waals surface area contributed by atoms with E-state index < -0.39 is 27.1 Å². The molecule has 0 spiro atoms. The molecule has 1 unspecified atom stereocenters. The Kier molecular flexibility index (Phi) is 5.32. The van der Waals surface area contributed by atoms with Crippen LogP contribution in [0, 0.1) is 0 Å². The zero-order chi connectivity index (χ0) is 10.4. The van der Waals surface area contributed by atoms with E-state index in [9.17, 15) is 9.59 Å². The van der Waals surface area contributed by atoms with Gasteiger partial charge in [0.2, 0.25) is 0 Å². The predicted molar refractivity (Wildman–Crippen MR) is 48.3 cm³/mol. The lowest BCUT2D eigenvalue weighted by Crippen LogP contribution is -2.29. The van der Waals surface area contributed by atoms with Crippen molar-refractivity contribution in [2.75, 3.05) is 0 Å². The summed E-state index contributed by atoms with van der Waals surface area (Å²) in [5.41, 5.74) is 0. The van der Waals surface area contributed by atoms with Gasteiger partial charge in [0.05, 0.1) is 0 Å². The minimum absolute atomic E-state index is 0.0375. The molecular weight excluding hydrogens is 192 g/mol. The van der Waals surface area contributed by atoms with Gasteiger partial charge >= 0.3 is 11.9 Å². The van der Waals surface area contributed by atoms with E-state index in [-0.39, 0.29) is 12.8 Å². The van der Waals surface area contributed by atoms with E-state index in [4.69, 9.17) is 14.6 Å². The molecule has 0 saturated heterocycles. The Bertz CT molecular complexity index is 191. The highest BCUT2D eigenvalue weighted by Gasteiger charge is 2.20. The van der Waals surface area contributed by atoms with Crippen LogP contribution >= 0.6 is 0 Å². The van der Waals surface area contributed by atoms with Gasteiger partial charge in [0, 0.05) is 6.42 Å². The number of carboxylic acids is 2. The largest absolute Gasteiger partial charge is 0.481 e. The maximum atomic E-state index is 10.6. The van der Waals surface area contributed by atoms with Gasteiger partial charge in [-0.1, -0.05) is 0 Å². The van der Waals surface area contributed by atoms with Crippen LogP contribution in [0.4, 0.5) is 0 Å². The van der Waals surface area contributed by atoms with Crippen LogP contribution in [0.25, 0.3) is 0 Å². The van der Waals surface area contributed by atoms with Crippen molar-refractivity contribution in [3.05, 3.63) is 0 Å². The zero-order valence-corrected chi connectivity index (χ0v) is 8.84. The first-order valence-corrected chi connectivity index (χ1v) is 6.81. The van der Waals surface area contributed by atoms with Gasteiger partial charge in [0.15, 0.2) is 9.04 Å². The van der Waals surface area contributed by atoms with E-state index in [0.29, 0.717) is 0 Å². The summed E-state index contributed by atoms with van der Waals surface area (Å²) in [6, 6.07) is 0. The van der Waals surface area contributed by atoms with Gasteiger partial charge in [0.25, 0.3) is 0 Å². The lowest BCUT2D eigenvalue weighted by atomic mass is 10.2. The molecule has 0 heterocycles. The highest BCUT2D eigenvalue weighted by molar-refractivity contribution is 6.48. The maximum Gasteiger partial charge on any atom is 0.331 e. The molecule has 5 nitrogen and oxygen atoms in total. The van der Waals surface area contributed by atoms with Crippen molar-refractivity contribution in [3.8, 4) is 0 Å². The number of hydrogen-bond acceptors (Lipinski definition) is 3. The fraction of sp³-hybridized carbons (Fsp3) is 0.714. The molecule has 76 valence electrons. The number of rotatable bonds is 6. The highest BCUT2D eigenvalue weighted by Crippen LogP contribution is 2.04. The number of carbonyl (C=O) groups is 2. The minimum Gasteiger partial charge on any atom is -0.481 e. The van der Waals surface area contributed by atoms with Crippen molar-refractivity contribution in [1.82, 2.24) is 0 Å². The molecule has 0 amide bonds. The van der Waals surface area contributed by atoms with Crippen LogP contribution in [0.1, 0.15) is 12.8 Å². The van der Waals surface area contributed by atoms with E-state index >= 15 is 0 Å². The Morgan fingerprint density at radius 1 is 1.38 bits per heavy atom. The lowest BCUT2D eigenvalue weighted by molar-refractivity contribution is -0.146. The van der Waals surface area contributed by atoms with Gasteiger partial charge in [-0.05, 0) is 19.5 Å². The van der Waals surface area contributed by atoms with Crippen LogP contribution in [0.5, 0.6) is 0 Å². The molecular formula is C7H14O5Si. The predicted octanol–water partition coefficient (Wildman–Crippen LogP) is 0.304. The summed E-state index contributed by atoms with van der Waals surface area (Å²) in [6.07, 6.45) is -1.09. The molecule has 1 atom stereocenters. The second kappa shape index (κ2) is 5.71. The fourth-order valence-corrected chi connectivity index (χ4v) is 1.74. The summed E-state index contributed by atoms with van der Waals surface area (Å²) in [6.45, 7) is 3.69. The number of hydrogen-bond donors (Lipinski definition) is 2. The Morgan fingerprint density at radius 3 is 2.23 bits per heavy atom. The van der Waals surface area contributed by atoms with Gasteiger partial charge in [0.1, 0.15) is 6.10 Å². The lowest BCUT2D eigenvalue weighted by Gasteiger charge is -2.14. The third-order valence-electron chi connectivity index (χ3n) is 1.33. The van der Waals surface area contributed by atoms with Crippen molar-refractivity contribution < 1.29 is 24.2 Å². The Labute approximate surface area is 78.1 Å². The van der Waals surface area contributed by atoms with Crippen LogP contribution in [-0.2, 0) is 14.0 Å². The molecule has 0 aromatic rings. The summed E-state index contributed by atoms with van der Waals surface area (Å²) in [5.74, 6) is -2.08. The van der Waals surface area contributed by atoms with E-state index in [2.05, 4.69) is 0 Å². The summed E-state index contributed by atoms with van der Waals surface area (Å²) < 4.78 is 5.14. The summed E-state index contributed by atoms with van der Waals surface area (Å²) in [5, 5.41) is 17.0. The first kappa shape index (κ1) is 12.1. The topological polar surface area (TPSA) is 83.8 Å². The van der Waals surface area contributed by atoms with Gasteiger partial charge in [-0.3, -0.25) is 4.79 Å². The molecule has 0 aliphatic rings. The number of aliphatic carboxylic acids is 2. The average Bonchev–Trinajstić information content (AvgIpc) is 1.96. The molecule has 0 saturated carbocycles. The zero-order valence-electron chi connectivity index (χ0n) is 7.69. The van der Waals surface area contributed by atoms with E-state index in [1.807, 2.05) is 13.1 Å². The smallest absolute Gasteiger partial charge is 0.331 e. The van der Waals surface area contributed by atoms with Crippen LogP contribution < -0.4 is 0 Å². The molecule has 0 aliphatic carbocycles. The first-order chi connectivity index (χ1) is 5.93. The SMILES string of the molecule is C[SiH](C)OC(CCC(=O)O)C(=O)O. The first-order valence-electron chi connectivity index (χ1n) is 4.03. The molecule has 2 N–H and O–H groups in total. The van der Waals surface area contributed by atoms with Gasteiger partial charge in [-0.15, -0.1) is 0 Å². The summed E-state index contributed by atoms with van der Waals surface area (Å²) >= 11 is 0. The van der Waals surface area contributed by atoms with Crippen LogP contribution in [0.2, 0.25) is 13.1 Å². The number of carboxylic acid groups (broad SMARTS) is 2. The summed E-state index contributed by atoms with van der Waals surface area (Å²) in [7, 11) is -1.42. The fourth-order valence-electron chi connectivity index (χ4n) is 0.833. The normalized spacial score (nSPS) is 12.8. The third kappa shape index (κ3) is 6.29. The van der Waals surface area contributed by atoms with Crippen LogP contribution in [0.15, 0.2) is 0 Å². The molecule has 0 aromatic heterocycles. The van der Waals surface area contributed by atoms with E-state index in [0.717, 1.165) is 0 Å². The van der Waals surface area contributed by atoms with Gasteiger partial charge < -0.3 is 14.6 Å². The van der Waals surface area contributed by atoms with Gasteiger partial charge in [-0.2, -0.15) is 0 Å². The molecule has 6 heteroatoms. The Morgan fingerprint density at radius 2 is 1.92 bits per heavy atom. The van der Waals surface area contributed by atoms with Gasteiger partial charge in [-0.25, -0.2) is 4.79 Å². The molecule has 0 aromatic carbocycles. The minimum atomic E-state index is -1.42. The van der Waals surface area contributed by atoms with Crippen molar-refractivity contribution in [3.63, 3.8) is 0 Å². The third-order valence-corrected chi connectivity index (χ3v) is 2.21.